The molecule has 0 fully saturated rings. The molecule has 0 spiro atoms. The summed E-state index contributed by atoms with van der Waals surface area (Å²) in [4.78, 5) is 11.6. The quantitative estimate of drug-likeness (QED) is 0.707. The summed E-state index contributed by atoms with van der Waals surface area (Å²) in [5.74, 6) is 0.638. The molecule has 1 rings (SSSR count). The van der Waals surface area contributed by atoms with Crippen LogP contribution >= 0.6 is 0 Å². The average Bonchev–Trinajstić information content (AvgIpc) is 2.44. The predicted molar refractivity (Wildman–Crippen MR) is 80.0 cm³/mol. The zero-order valence-corrected chi connectivity index (χ0v) is 12.6. The minimum atomic E-state index is -0.101. The van der Waals surface area contributed by atoms with Gasteiger partial charge < -0.3 is 14.8 Å². The summed E-state index contributed by atoms with van der Waals surface area (Å²) in [5, 5.41) is 2.81. The van der Waals surface area contributed by atoms with Gasteiger partial charge in [0.05, 0.1) is 6.10 Å². The fraction of sp³-hybridized carbons (Fsp3) is 0.562. The number of carbonyl (C=O) groups excluding carboxylic acids is 1. The van der Waals surface area contributed by atoms with Crippen LogP contribution in [0.15, 0.2) is 24.3 Å². The monoisotopic (exact) mass is 279 g/mol. The van der Waals surface area contributed by atoms with E-state index >= 15 is 0 Å². The van der Waals surface area contributed by atoms with Gasteiger partial charge in [0.15, 0.2) is 6.61 Å². The molecule has 4 heteroatoms. The van der Waals surface area contributed by atoms with Crippen LogP contribution in [-0.4, -0.2) is 31.8 Å². The Kier molecular flexibility index (Phi) is 7.73. The molecule has 112 valence electrons. The van der Waals surface area contributed by atoms with Crippen molar-refractivity contribution in [1.29, 1.82) is 0 Å². The molecule has 0 aliphatic heterocycles. The van der Waals surface area contributed by atoms with E-state index in [1.54, 1.807) is 0 Å². The highest BCUT2D eigenvalue weighted by Crippen LogP contribution is 2.13. The Labute approximate surface area is 121 Å². The van der Waals surface area contributed by atoms with Gasteiger partial charge in [0, 0.05) is 13.2 Å². The number of ether oxygens (including phenoxy) is 2. The molecule has 1 aromatic rings. The first-order valence-corrected chi connectivity index (χ1v) is 7.22. The van der Waals surface area contributed by atoms with Gasteiger partial charge in [-0.05, 0) is 44.4 Å². The van der Waals surface area contributed by atoms with Crippen LogP contribution in [0.4, 0.5) is 0 Å². The Morgan fingerprint density at radius 2 is 2.15 bits per heavy atom. The molecule has 1 amide bonds. The topological polar surface area (TPSA) is 47.6 Å². The van der Waals surface area contributed by atoms with E-state index < -0.39 is 0 Å². The van der Waals surface area contributed by atoms with Crippen molar-refractivity contribution in [2.75, 3.05) is 19.8 Å². The molecular formula is C16H25NO3. The number of rotatable bonds is 9. The van der Waals surface area contributed by atoms with Gasteiger partial charge in [-0.15, -0.1) is 0 Å². The lowest BCUT2D eigenvalue weighted by Crippen LogP contribution is -2.30. The fourth-order valence-corrected chi connectivity index (χ4v) is 1.67. The van der Waals surface area contributed by atoms with Gasteiger partial charge in [0.1, 0.15) is 5.75 Å². The number of carbonyl (C=O) groups is 1. The highest BCUT2D eigenvalue weighted by Gasteiger charge is 2.03. The van der Waals surface area contributed by atoms with E-state index in [1.807, 2.05) is 38.1 Å². The summed E-state index contributed by atoms with van der Waals surface area (Å²) >= 11 is 0. The second kappa shape index (κ2) is 9.37. The molecule has 20 heavy (non-hydrogen) atoms. The Morgan fingerprint density at radius 1 is 1.35 bits per heavy atom. The maximum Gasteiger partial charge on any atom is 0.257 e. The minimum absolute atomic E-state index is 0.0538. The van der Waals surface area contributed by atoms with E-state index in [0.29, 0.717) is 13.2 Å². The average molecular weight is 279 g/mol. The molecule has 1 N–H and O–H groups in total. The number of amides is 1. The first-order valence-electron chi connectivity index (χ1n) is 7.22. The number of aryl methyl sites for hydroxylation is 1. The van der Waals surface area contributed by atoms with Crippen molar-refractivity contribution in [2.24, 2.45) is 0 Å². The first-order chi connectivity index (χ1) is 9.61. The highest BCUT2D eigenvalue weighted by atomic mass is 16.5. The lowest BCUT2D eigenvalue weighted by molar-refractivity contribution is -0.123. The largest absolute Gasteiger partial charge is 0.484 e. The van der Waals surface area contributed by atoms with Crippen LogP contribution in [0.3, 0.4) is 0 Å². The lowest BCUT2D eigenvalue weighted by Gasteiger charge is -2.09. The van der Waals surface area contributed by atoms with Crippen LogP contribution in [0, 0.1) is 0 Å². The van der Waals surface area contributed by atoms with Crippen LogP contribution in [0.25, 0.3) is 0 Å². The molecular weight excluding hydrogens is 254 g/mol. The van der Waals surface area contributed by atoms with Crippen molar-refractivity contribution in [3.63, 3.8) is 0 Å². The van der Waals surface area contributed by atoms with E-state index in [9.17, 15) is 4.79 Å². The second-order valence-corrected chi connectivity index (χ2v) is 4.91. The summed E-state index contributed by atoms with van der Waals surface area (Å²) in [6.45, 7) is 7.41. The number of hydrogen-bond acceptors (Lipinski definition) is 3. The third-order valence-corrected chi connectivity index (χ3v) is 2.77. The molecule has 0 radical (unpaired) electrons. The summed E-state index contributed by atoms with van der Waals surface area (Å²) in [6, 6.07) is 7.81. The normalized spacial score (nSPS) is 10.6. The van der Waals surface area contributed by atoms with E-state index in [2.05, 4.69) is 12.2 Å². The summed E-state index contributed by atoms with van der Waals surface area (Å²) < 4.78 is 10.9. The Bertz CT molecular complexity index is 404. The van der Waals surface area contributed by atoms with Crippen LogP contribution < -0.4 is 10.1 Å². The van der Waals surface area contributed by atoms with E-state index in [4.69, 9.17) is 9.47 Å². The van der Waals surface area contributed by atoms with Gasteiger partial charge in [0.25, 0.3) is 5.91 Å². The molecule has 0 bridgehead atoms. The van der Waals surface area contributed by atoms with E-state index in [-0.39, 0.29) is 18.6 Å². The van der Waals surface area contributed by atoms with E-state index in [1.165, 1.54) is 5.56 Å². The van der Waals surface area contributed by atoms with E-state index in [0.717, 1.165) is 18.6 Å². The molecule has 0 aliphatic carbocycles. The molecule has 0 aliphatic rings. The predicted octanol–water partition coefficient (Wildman–Crippen LogP) is 2.56. The van der Waals surface area contributed by atoms with Crippen LogP contribution in [0.5, 0.6) is 5.75 Å². The van der Waals surface area contributed by atoms with Crippen molar-refractivity contribution < 1.29 is 14.3 Å². The molecule has 0 unspecified atom stereocenters. The number of hydrogen-bond donors (Lipinski definition) is 1. The zero-order chi connectivity index (χ0) is 14.8. The van der Waals surface area contributed by atoms with Gasteiger partial charge in [-0.1, -0.05) is 19.1 Å². The van der Waals surface area contributed by atoms with Crippen LogP contribution in [-0.2, 0) is 16.0 Å². The third-order valence-electron chi connectivity index (χ3n) is 2.77. The summed E-state index contributed by atoms with van der Waals surface area (Å²) in [7, 11) is 0. The molecule has 1 aromatic carbocycles. The van der Waals surface area contributed by atoms with Crippen molar-refractivity contribution in [3.8, 4) is 5.75 Å². The first kappa shape index (κ1) is 16.5. The minimum Gasteiger partial charge on any atom is -0.484 e. The van der Waals surface area contributed by atoms with Gasteiger partial charge in [0.2, 0.25) is 0 Å². The fourth-order valence-electron chi connectivity index (χ4n) is 1.67. The van der Waals surface area contributed by atoms with Crippen molar-refractivity contribution >= 4 is 5.91 Å². The van der Waals surface area contributed by atoms with Gasteiger partial charge in [-0.3, -0.25) is 4.79 Å². The summed E-state index contributed by atoms with van der Waals surface area (Å²) in [5.41, 5.74) is 1.20. The number of nitrogens with one attached hydrogen (secondary N) is 1. The maximum atomic E-state index is 11.6. The van der Waals surface area contributed by atoms with Gasteiger partial charge >= 0.3 is 0 Å². The molecule has 0 atom stereocenters. The molecule has 0 heterocycles. The number of benzene rings is 1. The summed E-state index contributed by atoms with van der Waals surface area (Å²) in [6.07, 6.45) is 2.01. The van der Waals surface area contributed by atoms with Crippen molar-refractivity contribution in [2.45, 2.75) is 39.7 Å². The SMILES string of the molecule is CCc1cccc(OCC(=O)NCCCOC(C)C)c1. The standard InChI is InChI=1S/C16H25NO3/c1-4-14-7-5-8-15(11-14)20-12-16(18)17-9-6-10-19-13(2)3/h5,7-8,11,13H,4,6,9-10,12H2,1-3H3,(H,17,18). The van der Waals surface area contributed by atoms with Crippen molar-refractivity contribution in [3.05, 3.63) is 29.8 Å². The maximum absolute atomic E-state index is 11.6. The Balaban J connectivity index is 2.16. The van der Waals surface area contributed by atoms with Crippen molar-refractivity contribution in [1.82, 2.24) is 5.32 Å². The molecule has 0 saturated heterocycles. The molecule has 4 nitrogen and oxygen atoms in total. The van der Waals surface area contributed by atoms with Crippen LogP contribution in [0.1, 0.15) is 32.8 Å². The highest BCUT2D eigenvalue weighted by molar-refractivity contribution is 5.77. The smallest absolute Gasteiger partial charge is 0.257 e. The Hall–Kier alpha value is -1.55. The third kappa shape index (κ3) is 7.14. The second-order valence-electron chi connectivity index (χ2n) is 4.91. The molecule has 0 saturated carbocycles. The Morgan fingerprint density at radius 3 is 2.85 bits per heavy atom. The van der Waals surface area contributed by atoms with Crippen LogP contribution in [0.2, 0.25) is 0 Å². The lowest BCUT2D eigenvalue weighted by atomic mass is 10.2. The van der Waals surface area contributed by atoms with Gasteiger partial charge in [-0.2, -0.15) is 0 Å². The molecule has 0 aromatic heterocycles. The van der Waals surface area contributed by atoms with Gasteiger partial charge in [-0.25, -0.2) is 0 Å². The zero-order valence-electron chi connectivity index (χ0n) is 12.6.